The Hall–Kier alpha value is -2.60. The molecule has 0 fully saturated rings. The Kier molecular flexibility index (Phi) is 8.07. The molecule has 27 heavy (non-hydrogen) atoms. The van der Waals surface area contributed by atoms with Crippen LogP contribution in [-0.4, -0.2) is 49.6 Å². The molecule has 2 aromatic rings. The van der Waals surface area contributed by atoms with Gasteiger partial charge in [-0.1, -0.05) is 44.2 Å². The second-order valence-corrected chi connectivity index (χ2v) is 6.63. The van der Waals surface area contributed by atoms with Gasteiger partial charge in [0.15, 0.2) is 0 Å². The number of hydrogen-bond acceptors (Lipinski definition) is 4. The zero-order valence-electron chi connectivity index (χ0n) is 16.8. The van der Waals surface area contributed by atoms with Crippen molar-refractivity contribution in [2.45, 2.75) is 26.4 Å². The lowest BCUT2D eigenvalue weighted by Crippen LogP contribution is -2.42. The van der Waals surface area contributed by atoms with Crippen molar-refractivity contribution in [3.63, 3.8) is 0 Å². The highest BCUT2D eigenvalue weighted by molar-refractivity contribution is 5.73. The van der Waals surface area contributed by atoms with Crippen molar-refractivity contribution >= 4 is 11.8 Å². The monoisotopic (exact) mass is 369 g/mol. The molecule has 6 nitrogen and oxygen atoms in total. The molecule has 1 aromatic heterocycles. The molecule has 2 rings (SSSR count). The van der Waals surface area contributed by atoms with Crippen molar-refractivity contribution in [1.82, 2.24) is 20.5 Å². The number of nitrogens with zero attached hydrogens (tertiary/aromatic N) is 3. The van der Waals surface area contributed by atoms with E-state index in [4.69, 9.17) is 0 Å². The van der Waals surface area contributed by atoms with Gasteiger partial charge in [-0.3, -0.25) is 4.90 Å². The molecule has 1 unspecified atom stereocenters. The van der Waals surface area contributed by atoms with Gasteiger partial charge in [-0.05, 0) is 36.3 Å². The largest absolute Gasteiger partial charge is 0.363 e. The van der Waals surface area contributed by atoms with Crippen molar-refractivity contribution in [2.75, 3.05) is 38.6 Å². The summed E-state index contributed by atoms with van der Waals surface area (Å²) in [6.45, 7) is 7.19. The highest BCUT2D eigenvalue weighted by atomic mass is 16.2. The van der Waals surface area contributed by atoms with Gasteiger partial charge in [0.05, 0.1) is 6.04 Å². The van der Waals surface area contributed by atoms with E-state index in [1.54, 1.807) is 6.20 Å². The van der Waals surface area contributed by atoms with Crippen molar-refractivity contribution in [3.8, 4) is 0 Å². The molecule has 2 amide bonds. The standard InChI is InChI=1S/C21H31N5O/c1-5-26(6-2)19(18-10-8-7-9-11-18)16-24-21(27)23-15-17-12-13-22-20(14-17)25(3)4/h7-14,19H,5-6,15-16H2,1-4H3,(H2,23,24,27). The minimum Gasteiger partial charge on any atom is -0.363 e. The summed E-state index contributed by atoms with van der Waals surface area (Å²) in [7, 11) is 3.90. The van der Waals surface area contributed by atoms with Gasteiger partial charge in [0.25, 0.3) is 0 Å². The topological polar surface area (TPSA) is 60.5 Å². The molecule has 6 heteroatoms. The fourth-order valence-corrected chi connectivity index (χ4v) is 3.05. The van der Waals surface area contributed by atoms with Gasteiger partial charge in [-0.25, -0.2) is 9.78 Å². The highest BCUT2D eigenvalue weighted by Crippen LogP contribution is 2.19. The Labute approximate surface area is 162 Å². The van der Waals surface area contributed by atoms with E-state index in [2.05, 4.69) is 46.5 Å². The third kappa shape index (κ3) is 6.25. The van der Waals surface area contributed by atoms with Gasteiger partial charge < -0.3 is 15.5 Å². The zero-order valence-corrected chi connectivity index (χ0v) is 16.8. The lowest BCUT2D eigenvalue weighted by molar-refractivity contribution is 0.206. The second kappa shape index (κ2) is 10.5. The third-order valence-electron chi connectivity index (χ3n) is 4.61. The Bertz CT molecular complexity index is 701. The van der Waals surface area contributed by atoms with Gasteiger partial charge in [0.1, 0.15) is 5.82 Å². The molecular weight excluding hydrogens is 338 g/mol. The molecule has 0 spiro atoms. The van der Waals surface area contributed by atoms with Gasteiger partial charge >= 0.3 is 6.03 Å². The number of likely N-dealkylation sites (N-methyl/N-ethyl adjacent to an activating group) is 1. The van der Waals surface area contributed by atoms with Crippen LogP contribution < -0.4 is 15.5 Å². The van der Waals surface area contributed by atoms with Crippen LogP contribution in [0.2, 0.25) is 0 Å². The van der Waals surface area contributed by atoms with E-state index in [1.165, 1.54) is 5.56 Å². The van der Waals surface area contributed by atoms with E-state index in [-0.39, 0.29) is 12.1 Å². The summed E-state index contributed by atoms with van der Waals surface area (Å²) < 4.78 is 0. The summed E-state index contributed by atoms with van der Waals surface area (Å²) in [6.07, 6.45) is 1.76. The van der Waals surface area contributed by atoms with Crippen LogP contribution >= 0.6 is 0 Å². The van der Waals surface area contributed by atoms with Gasteiger partial charge in [-0.15, -0.1) is 0 Å². The summed E-state index contributed by atoms with van der Waals surface area (Å²) in [5, 5.41) is 5.95. The third-order valence-corrected chi connectivity index (χ3v) is 4.61. The molecule has 0 saturated carbocycles. The van der Waals surface area contributed by atoms with E-state index >= 15 is 0 Å². The summed E-state index contributed by atoms with van der Waals surface area (Å²) in [5.41, 5.74) is 2.23. The van der Waals surface area contributed by atoms with Crippen molar-refractivity contribution < 1.29 is 4.79 Å². The van der Waals surface area contributed by atoms with Crippen LogP contribution in [0.3, 0.4) is 0 Å². The molecule has 0 radical (unpaired) electrons. The van der Waals surface area contributed by atoms with Crippen LogP contribution in [0.5, 0.6) is 0 Å². The highest BCUT2D eigenvalue weighted by Gasteiger charge is 2.18. The number of carbonyl (C=O) groups is 1. The van der Waals surface area contributed by atoms with Crippen LogP contribution in [0.4, 0.5) is 10.6 Å². The number of amides is 2. The number of hydrogen-bond donors (Lipinski definition) is 2. The first-order valence-electron chi connectivity index (χ1n) is 9.48. The molecule has 0 bridgehead atoms. The zero-order chi connectivity index (χ0) is 19.6. The molecule has 2 N–H and O–H groups in total. The Morgan fingerprint density at radius 3 is 2.41 bits per heavy atom. The fourth-order valence-electron chi connectivity index (χ4n) is 3.05. The molecule has 1 heterocycles. The van der Waals surface area contributed by atoms with Crippen LogP contribution in [0.25, 0.3) is 0 Å². The number of aromatic nitrogens is 1. The first-order chi connectivity index (χ1) is 13.0. The Morgan fingerprint density at radius 2 is 1.78 bits per heavy atom. The van der Waals surface area contributed by atoms with E-state index in [9.17, 15) is 4.79 Å². The maximum absolute atomic E-state index is 12.3. The van der Waals surface area contributed by atoms with E-state index < -0.39 is 0 Å². The molecule has 0 saturated heterocycles. The first kappa shape index (κ1) is 20.7. The minimum atomic E-state index is -0.161. The maximum Gasteiger partial charge on any atom is 0.315 e. The van der Waals surface area contributed by atoms with Crippen LogP contribution in [0, 0.1) is 0 Å². The van der Waals surface area contributed by atoms with Crippen molar-refractivity contribution in [3.05, 3.63) is 59.8 Å². The lowest BCUT2D eigenvalue weighted by Gasteiger charge is -2.30. The molecule has 0 aliphatic rings. The quantitative estimate of drug-likeness (QED) is 0.713. The van der Waals surface area contributed by atoms with Crippen LogP contribution in [0.15, 0.2) is 48.7 Å². The molecule has 1 atom stereocenters. The average molecular weight is 370 g/mol. The number of anilines is 1. The minimum absolute atomic E-state index is 0.160. The Balaban J connectivity index is 1.92. The molecule has 146 valence electrons. The Morgan fingerprint density at radius 1 is 1.07 bits per heavy atom. The fraction of sp³-hybridized carbons (Fsp3) is 0.429. The van der Waals surface area contributed by atoms with E-state index in [0.717, 1.165) is 24.5 Å². The lowest BCUT2D eigenvalue weighted by atomic mass is 10.1. The van der Waals surface area contributed by atoms with Crippen LogP contribution in [0.1, 0.15) is 31.0 Å². The second-order valence-electron chi connectivity index (χ2n) is 6.63. The number of benzene rings is 1. The van der Waals surface area contributed by atoms with Gasteiger partial charge in [0, 0.05) is 33.4 Å². The first-order valence-corrected chi connectivity index (χ1v) is 9.48. The number of pyridine rings is 1. The summed E-state index contributed by atoms with van der Waals surface area (Å²) >= 11 is 0. The smallest absolute Gasteiger partial charge is 0.315 e. The maximum atomic E-state index is 12.3. The normalized spacial score (nSPS) is 11.9. The molecule has 1 aromatic carbocycles. The molecule has 0 aliphatic heterocycles. The van der Waals surface area contributed by atoms with Gasteiger partial charge in [-0.2, -0.15) is 0 Å². The van der Waals surface area contributed by atoms with Crippen molar-refractivity contribution in [2.24, 2.45) is 0 Å². The van der Waals surface area contributed by atoms with Crippen LogP contribution in [-0.2, 0) is 6.54 Å². The SMILES string of the molecule is CCN(CC)C(CNC(=O)NCc1ccnc(N(C)C)c1)c1ccccc1. The molecule has 0 aliphatic carbocycles. The summed E-state index contributed by atoms with van der Waals surface area (Å²) in [6, 6.07) is 14.2. The number of carbonyl (C=O) groups excluding carboxylic acids is 1. The number of urea groups is 1. The van der Waals surface area contributed by atoms with Gasteiger partial charge in [0.2, 0.25) is 0 Å². The predicted molar refractivity (Wildman–Crippen MR) is 111 cm³/mol. The average Bonchev–Trinajstić information content (AvgIpc) is 2.70. The van der Waals surface area contributed by atoms with Crippen molar-refractivity contribution in [1.29, 1.82) is 0 Å². The molecular formula is C21H31N5O. The number of rotatable bonds is 9. The summed E-state index contributed by atoms with van der Waals surface area (Å²) in [5.74, 6) is 0.875. The summed E-state index contributed by atoms with van der Waals surface area (Å²) in [4.78, 5) is 20.9. The van der Waals surface area contributed by atoms with E-state index in [0.29, 0.717) is 13.1 Å². The number of nitrogens with one attached hydrogen (secondary N) is 2. The van der Waals surface area contributed by atoms with E-state index in [1.807, 2.05) is 49.3 Å². The predicted octanol–water partition coefficient (Wildman–Crippen LogP) is 3.03.